The second kappa shape index (κ2) is 3.25. The Morgan fingerprint density at radius 3 is 2.23 bits per heavy atom. The lowest BCUT2D eigenvalue weighted by Gasteiger charge is -2.21. The first-order valence-corrected chi connectivity index (χ1v) is 5.07. The maximum absolute atomic E-state index is 10.5. The number of nitrogens with zero attached hydrogens (tertiary/aromatic N) is 2. The molecule has 4 nitrogen and oxygen atoms in total. The molecule has 0 radical (unpaired) electrons. The highest BCUT2D eigenvalue weighted by Crippen LogP contribution is 2.37. The summed E-state index contributed by atoms with van der Waals surface area (Å²) in [6.07, 6.45) is 5.04. The Kier molecular flexibility index (Phi) is 2.24. The van der Waals surface area contributed by atoms with Crippen LogP contribution in [0.3, 0.4) is 0 Å². The molecule has 0 saturated carbocycles. The summed E-state index contributed by atoms with van der Waals surface area (Å²) in [5.74, 6) is 0. The second-order valence-corrected chi connectivity index (χ2v) is 4.29. The van der Waals surface area contributed by atoms with Crippen molar-refractivity contribution in [2.75, 3.05) is 6.54 Å². The van der Waals surface area contributed by atoms with Gasteiger partial charge in [-0.15, -0.1) is 0 Å². The molecule has 2 saturated heterocycles. The predicted octanol–water partition coefficient (Wildman–Crippen LogP) is 1.28. The van der Waals surface area contributed by atoms with Crippen LogP contribution in [-0.4, -0.2) is 34.5 Å². The van der Waals surface area contributed by atoms with E-state index in [1.165, 1.54) is 25.7 Å². The lowest BCUT2D eigenvalue weighted by Crippen LogP contribution is -2.37. The Morgan fingerprint density at radius 2 is 1.85 bits per heavy atom. The van der Waals surface area contributed by atoms with Crippen molar-refractivity contribution in [3.63, 3.8) is 0 Å². The summed E-state index contributed by atoms with van der Waals surface area (Å²) < 4.78 is 0. The highest BCUT2D eigenvalue weighted by molar-refractivity contribution is 4.95. The van der Waals surface area contributed by atoms with Crippen molar-refractivity contribution in [1.82, 2.24) is 4.90 Å². The fourth-order valence-corrected chi connectivity index (χ4v) is 2.69. The van der Waals surface area contributed by atoms with E-state index < -0.39 is 6.04 Å². The minimum absolute atomic E-state index is 0.169. The van der Waals surface area contributed by atoms with Crippen LogP contribution < -0.4 is 0 Å². The van der Waals surface area contributed by atoms with E-state index in [0.29, 0.717) is 18.6 Å². The van der Waals surface area contributed by atoms with E-state index in [2.05, 4.69) is 4.90 Å². The van der Waals surface area contributed by atoms with Crippen molar-refractivity contribution in [2.24, 2.45) is 0 Å². The first-order valence-electron chi connectivity index (χ1n) is 5.07. The smallest absolute Gasteiger partial charge is 0.222 e. The highest BCUT2D eigenvalue weighted by Gasteiger charge is 2.40. The van der Waals surface area contributed by atoms with Crippen molar-refractivity contribution in [1.29, 1.82) is 0 Å². The van der Waals surface area contributed by atoms with Crippen molar-refractivity contribution in [3.8, 4) is 0 Å². The molecule has 0 aromatic carbocycles. The van der Waals surface area contributed by atoms with Crippen molar-refractivity contribution in [3.05, 3.63) is 10.1 Å². The molecule has 2 fully saturated rings. The lowest BCUT2D eigenvalue weighted by molar-refractivity contribution is -0.518. The summed E-state index contributed by atoms with van der Waals surface area (Å²) in [4.78, 5) is 12.7. The van der Waals surface area contributed by atoms with E-state index in [9.17, 15) is 10.1 Å². The number of fused-ring (bicyclic) bond motifs is 2. The molecule has 74 valence electrons. The van der Waals surface area contributed by atoms with Gasteiger partial charge in [-0.3, -0.25) is 15.0 Å². The molecule has 2 aliphatic rings. The Labute approximate surface area is 78.1 Å². The topological polar surface area (TPSA) is 46.4 Å². The molecule has 0 aromatic rings. The molecule has 2 heterocycles. The van der Waals surface area contributed by atoms with Crippen molar-refractivity contribution >= 4 is 0 Å². The third-order valence-electron chi connectivity index (χ3n) is 3.44. The molecule has 0 aliphatic carbocycles. The van der Waals surface area contributed by atoms with Crippen LogP contribution in [0.2, 0.25) is 0 Å². The van der Waals surface area contributed by atoms with Crippen LogP contribution in [0.15, 0.2) is 0 Å². The van der Waals surface area contributed by atoms with E-state index >= 15 is 0 Å². The minimum Gasteiger partial charge on any atom is -0.291 e. The van der Waals surface area contributed by atoms with Crippen molar-refractivity contribution < 1.29 is 4.92 Å². The Morgan fingerprint density at radius 1 is 1.38 bits per heavy atom. The summed E-state index contributed by atoms with van der Waals surface area (Å²) >= 11 is 0. The van der Waals surface area contributed by atoms with Gasteiger partial charge < -0.3 is 0 Å². The zero-order chi connectivity index (χ0) is 9.42. The second-order valence-electron chi connectivity index (χ2n) is 4.29. The summed E-state index contributed by atoms with van der Waals surface area (Å²) in [5, 5.41) is 10.5. The maximum Gasteiger partial charge on any atom is 0.222 e. The van der Waals surface area contributed by atoms with Crippen molar-refractivity contribution in [2.45, 2.75) is 50.7 Å². The van der Waals surface area contributed by atoms with E-state index in [0.717, 1.165) is 0 Å². The van der Waals surface area contributed by atoms with E-state index in [1.807, 2.05) is 0 Å². The lowest BCUT2D eigenvalue weighted by atomic mass is 10.0. The zero-order valence-corrected chi connectivity index (χ0v) is 7.98. The van der Waals surface area contributed by atoms with Crippen LogP contribution in [0.5, 0.6) is 0 Å². The van der Waals surface area contributed by atoms with E-state index in [1.54, 1.807) is 6.92 Å². The van der Waals surface area contributed by atoms with E-state index in [-0.39, 0.29) is 4.92 Å². The van der Waals surface area contributed by atoms with Gasteiger partial charge in [-0.05, 0) is 25.7 Å². The van der Waals surface area contributed by atoms with Gasteiger partial charge in [0.15, 0.2) is 0 Å². The molecule has 0 amide bonds. The molecule has 1 atom stereocenters. The van der Waals surface area contributed by atoms with Gasteiger partial charge in [0.1, 0.15) is 0 Å². The predicted molar refractivity (Wildman–Crippen MR) is 49.2 cm³/mol. The van der Waals surface area contributed by atoms with Gasteiger partial charge >= 0.3 is 0 Å². The van der Waals surface area contributed by atoms with Gasteiger partial charge in [-0.2, -0.15) is 0 Å². The molecule has 0 aromatic heterocycles. The quantitative estimate of drug-likeness (QED) is 0.490. The third kappa shape index (κ3) is 1.55. The Balaban J connectivity index is 1.92. The number of nitro groups is 1. The molecule has 1 unspecified atom stereocenters. The average molecular weight is 184 g/mol. The molecular formula is C9H16N2O2. The summed E-state index contributed by atoms with van der Waals surface area (Å²) in [5.41, 5.74) is 0. The largest absolute Gasteiger partial charge is 0.291 e. The van der Waals surface area contributed by atoms with Crippen LogP contribution in [0.1, 0.15) is 32.6 Å². The fourth-order valence-electron chi connectivity index (χ4n) is 2.69. The molecule has 2 aliphatic heterocycles. The summed E-state index contributed by atoms with van der Waals surface area (Å²) in [7, 11) is 0. The van der Waals surface area contributed by atoms with Crippen LogP contribution in [-0.2, 0) is 0 Å². The number of hydrogen-bond donors (Lipinski definition) is 0. The maximum atomic E-state index is 10.5. The van der Waals surface area contributed by atoms with Gasteiger partial charge in [-0.25, -0.2) is 0 Å². The van der Waals surface area contributed by atoms with Gasteiger partial charge in [0.05, 0.1) is 6.54 Å². The normalized spacial score (nSPS) is 35.2. The minimum atomic E-state index is -0.402. The molecule has 2 rings (SSSR count). The number of hydrogen-bond acceptors (Lipinski definition) is 3. The highest BCUT2D eigenvalue weighted by atomic mass is 16.6. The van der Waals surface area contributed by atoms with Crippen LogP contribution in [0, 0.1) is 10.1 Å². The Bertz CT molecular complexity index is 200. The van der Waals surface area contributed by atoms with Crippen LogP contribution in [0.25, 0.3) is 0 Å². The molecule has 13 heavy (non-hydrogen) atoms. The zero-order valence-electron chi connectivity index (χ0n) is 7.98. The van der Waals surface area contributed by atoms with Crippen LogP contribution >= 0.6 is 0 Å². The van der Waals surface area contributed by atoms with Gasteiger partial charge in [-0.1, -0.05) is 0 Å². The summed E-state index contributed by atoms with van der Waals surface area (Å²) in [6.45, 7) is 2.36. The first-order chi connectivity index (χ1) is 6.18. The molecule has 4 heteroatoms. The van der Waals surface area contributed by atoms with Crippen LogP contribution in [0.4, 0.5) is 0 Å². The summed E-state index contributed by atoms with van der Waals surface area (Å²) in [6, 6.07) is 0.918. The molecule has 2 bridgehead atoms. The van der Waals surface area contributed by atoms with E-state index in [4.69, 9.17) is 0 Å². The SMILES string of the molecule is CC(CN1C2CCC1CC2)[N+](=O)[O-]. The molecule has 0 spiro atoms. The molecular weight excluding hydrogens is 168 g/mol. The third-order valence-corrected chi connectivity index (χ3v) is 3.44. The fraction of sp³-hybridized carbons (Fsp3) is 1.00. The van der Waals surface area contributed by atoms with Gasteiger partial charge in [0, 0.05) is 23.9 Å². The monoisotopic (exact) mass is 184 g/mol. The number of rotatable bonds is 3. The Hall–Kier alpha value is -0.640. The first kappa shape index (κ1) is 8.94. The van der Waals surface area contributed by atoms with Gasteiger partial charge in [0.2, 0.25) is 6.04 Å². The standard InChI is InChI=1S/C9H16N2O2/c1-7(11(12)13)6-10-8-2-3-9(10)5-4-8/h7-9H,2-6H2,1H3. The van der Waals surface area contributed by atoms with Gasteiger partial charge in [0.25, 0.3) is 0 Å². The average Bonchev–Trinajstić information content (AvgIpc) is 2.65. The molecule has 0 N–H and O–H groups in total.